The molecule has 0 atom stereocenters. The summed E-state index contributed by atoms with van der Waals surface area (Å²) in [5, 5.41) is 5.04. The van der Waals surface area contributed by atoms with Crippen LogP contribution in [0.4, 0.5) is 5.82 Å². The van der Waals surface area contributed by atoms with E-state index in [-0.39, 0.29) is 0 Å². The van der Waals surface area contributed by atoms with Crippen LogP contribution in [0.25, 0.3) is 10.7 Å². The molecule has 28 heavy (non-hydrogen) atoms. The Kier molecular flexibility index (Phi) is 8.35. The van der Waals surface area contributed by atoms with Gasteiger partial charge in [0, 0.05) is 32.7 Å². The third kappa shape index (κ3) is 5.28. The van der Waals surface area contributed by atoms with Crippen LogP contribution in [0.3, 0.4) is 0 Å². The molecule has 2 heterocycles. The molecule has 0 bridgehead atoms. The molecule has 7 heteroatoms. The smallest absolute Gasteiger partial charge is 0.130 e. The molecule has 1 aromatic heterocycles. The van der Waals surface area contributed by atoms with E-state index in [9.17, 15) is 0 Å². The van der Waals surface area contributed by atoms with Gasteiger partial charge >= 0.3 is 0 Å². The van der Waals surface area contributed by atoms with Crippen molar-refractivity contribution in [1.29, 1.82) is 0 Å². The van der Waals surface area contributed by atoms with Crippen molar-refractivity contribution in [1.82, 2.24) is 19.6 Å². The molecule has 6 nitrogen and oxygen atoms in total. The van der Waals surface area contributed by atoms with Crippen LogP contribution >= 0.6 is 11.6 Å². The highest BCUT2D eigenvalue weighted by Gasteiger charge is 2.19. The van der Waals surface area contributed by atoms with Crippen molar-refractivity contribution in [2.24, 2.45) is 5.73 Å². The van der Waals surface area contributed by atoms with Gasteiger partial charge in [0.1, 0.15) is 5.82 Å². The minimum Gasteiger partial charge on any atom is -0.397 e. The van der Waals surface area contributed by atoms with Crippen molar-refractivity contribution in [3.63, 3.8) is 0 Å². The molecular weight excluding hydrogens is 372 g/mol. The molecule has 0 unspecified atom stereocenters. The number of piperazine rings is 1. The molecule has 2 aromatic rings. The van der Waals surface area contributed by atoms with Gasteiger partial charge in [-0.3, -0.25) is 4.90 Å². The lowest BCUT2D eigenvalue weighted by molar-refractivity contribution is 0.149. The number of hydrogen-bond acceptors (Lipinski definition) is 5. The SMILES string of the molecule is CC.Cc1nn(CCN2CCN(C)CC2)c(N)c1/C(Cl)=C(\N)c1ccccc1. The van der Waals surface area contributed by atoms with Crippen LogP contribution in [0.5, 0.6) is 0 Å². The summed E-state index contributed by atoms with van der Waals surface area (Å²) in [6.07, 6.45) is 0. The monoisotopic (exact) mass is 404 g/mol. The number of aryl methyl sites for hydroxylation is 1. The average Bonchev–Trinajstić information content (AvgIpc) is 3.02. The normalized spacial score (nSPS) is 16.3. The lowest BCUT2D eigenvalue weighted by Crippen LogP contribution is -2.45. The van der Waals surface area contributed by atoms with Crippen molar-refractivity contribution < 1.29 is 0 Å². The van der Waals surface area contributed by atoms with Gasteiger partial charge in [0.2, 0.25) is 0 Å². The van der Waals surface area contributed by atoms with Gasteiger partial charge in [-0.05, 0) is 19.5 Å². The molecular formula is C21H33ClN6. The summed E-state index contributed by atoms with van der Waals surface area (Å²) in [4.78, 5) is 4.78. The maximum absolute atomic E-state index is 6.59. The first-order valence-corrected chi connectivity index (χ1v) is 10.3. The highest BCUT2D eigenvalue weighted by Crippen LogP contribution is 2.32. The highest BCUT2D eigenvalue weighted by atomic mass is 35.5. The summed E-state index contributed by atoms with van der Waals surface area (Å²) in [7, 11) is 2.16. The molecule has 0 spiro atoms. The Hall–Kier alpha value is -2.02. The van der Waals surface area contributed by atoms with Gasteiger partial charge in [-0.1, -0.05) is 55.8 Å². The second-order valence-electron chi connectivity index (χ2n) is 6.81. The quantitative estimate of drug-likeness (QED) is 0.800. The largest absolute Gasteiger partial charge is 0.397 e. The van der Waals surface area contributed by atoms with E-state index >= 15 is 0 Å². The number of hydrogen-bond donors (Lipinski definition) is 2. The number of likely N-dealkylation sites (N-methyl/N-ethyl adjacent to an activating group) is 1. The topological polar surface area (TPSA) is 76.3 Å². The summed E-state index contributed by atoms with van der Waals surface area (Å²) in [5.74, 6) is 0.570. The maximum atomic E-state index is 6.59. The number of benzene rings is 1. The fourth-order valence-electron chi connectivity index (χ4n) is 3.23. The van der Waals surface area contributed by atoms with Gasteiger partial charge in [0.05, 0.1) is 28.5 Å². The third-order valence-electron chi connectivity index (χ3n) is 4.93. The number of rotatable bonds is 5. The van der Waals surface area contributed by atoms with E-state index in [0.717, 1.165) is 56.1 Å². The Labute approximate surface area is 173 Å². The minimum atomic E-state index is 0.456. The molecule has 0 saturated carbocycles. The molecule has 1 fully saturated rings. The minimum absolute atomic E-state index is 0.456. The van der Waals surface area contributed by atoms with Crippen LogP contribution in [0.1, 0.15) is 30.7 Å². The fourth-order valence-corrected chi connectivity index (χ4v) is 3.57. The highest BCUT2D eigenvalue weighted by molar-refractivity contribution is 6.53. The number of halogens is 1. The van der Waals surface area contributed by atoms with E-state index in [1.165, 1.54) is 0 Å². The Balaban J connectivity index is 0.00000136. The summed E-state index contributed by atoms with van der Waals surface area (Å²) >= 11 is 6.59. The Morgan fingerprint density at radius 2 is 1.68 bits per heavy atom. The van der Waals surface area contributed by atoms with Crippen molar-refractivity contribution in [3.8, 4) is 0 Å². The van der Waals surface area contributed by atoms with E-state index in [0.29, 0.717) is 16.5 Å². The van der Waals surface area contributed by atoms with Crippen LogP contribution in [0, 0.1) is 6.92 Å². The first-order valence-electron chi connectivity index (χ1n) is 9.92. The summed E-state index contributed by atoms with van der Waals surface area (Å²) in [5.41, 5.74) is 15.5. The van der Waals surface area contributed by atoms with Gasteiger partial charge in [-0.15, -0.1) is 0 Å². The number of nitrogen functional groups attached to an aromatic ring is 1. The van der Waals surface area contributed by atoms with Crippen LogP contribution in [0.15, 0.2) is 30.3 Å². The van der Waals surface area contributed by atoms with Gasteiger partial charge in [0.15, 0.2) is 0 Å². The van der Waals surface area contributed by atoms with Crippen molar-refractivity contribution in [3.05, 3.63) is 47.2 Å². The number of nitrogens with zero attached hydrogens (tertiary/aromatic N) is 4. The summed E-state index contributed by atoms with van der Waals surface area (Å²) < 4.78 is 1.84. The Bertz CT molecular complexity index is 776. The zero-order chi connectivity index (χ0) is 20.7. The zero-order valence-corrected chi connectivity index (χ0v) is 18.2. The predicted molar refractivity (Wildman–Crippen MR) is 120 cm³/mol. The third-order valence-corrected chi connectivity index (χ3v) is 5.32. The first-order chi connectivity index (χ1) is 13.5. The molecule has 1 aromatic carbocycles. The molecule has 0 amide bonds. The molecule has 3 rings (SSSR count). The van der Waals surface area contributed by atoms with E-state index in [1.807, 2.05) is 55.8 Å². The van der Waals surface area contributed by atoms with Gasteiger partial charge in [0.25, 0.3) is 0 Å². The Morgan fingerprint density at radius 3 is 2.29 bits per heavy atom. The van der Waals surface area contributed by atoms with E-state index in [4.69, 9.17) is 23.1 Å². The van der Waals surface area contributed by atoms with Gasteiger partial charge in [-0.25, -0.2) is 4.68 Å². The molecule has 0 aliphatic carbocycles. The molecule has 4 N–H and O–H groups in total. The number of aromatic nitrogens is 2. The molecule has 0 radical (unpaired) electrons. The Morgan fingerprint density at radius 1 is 1.07 bits per heavy atom. The number of anilines is 1. The number of nitrogens with two attached hydrogens (primary N) is 2. The van der Waals surface area contributed by atoms with E-state index in [1.54, 1.807) is 0 Å². The van der Waals surface area contributed by atoms with Crippen LogP contribution in [-0.4, -0.2) is 59.4 Å². The van der Waals surface area contributed by atoms with Gasteiger partial charge in [-0.2, -0.15) is 5.10 Å². The molecule has 1 aliphatic heterocycles. The lowest BCUT2D eigenvalue weighted by atomic mass is 10.1. The van der Waals surface area contributed by atoms with Crippen LogP contribution < -0.4 is 11.5 Å². The fraction of sp³-hybridized carbons (Fsp3) is 0.476. The van der Waals surface area contributed by atoms with E-state index < -0.39 is 0 Å². The summed E-state index contributed by atoms with van der Waals surface area (Å²) in [6.45, 7) is 11.9. The van der Waals surface area contributed by atoms with Crippen molar-refractivity contribution in [2.45, 2.75) is 27.3 Å². The molecule has 1 saturated heterocycles. The summed E-state index contributed by atoms with van der Waals surface area (Å²) in [6, 6.07) is 9.67. The zero-order valence-electron chi connectivity index (χ0n) is 17.5. The van der Waals surface area contributed by atoms with Gasteiger partial charge < -0.3 is 16.4 Å². The average molecular weight is 405 g/mol. The second-order valence-corrected chi connectivity index (χ2v) is 7.19. The van der Waals surface area contributed by atoms with Crippen LogP contribution in [0.2, 0.25) is 0 Å². The second kappa shape index (κ2) is 10.5. The van der Waals surface area contributed by atoms with Crippen molar-refractivity contribution >= 4 is 28.1 Å². The van der Waals surface area contributed by atoms with E-state index in [2.05, 4.69) is 21.9 Å². The molecule has 154 valence electrons. The molecule has 1 aliphatic rings. The first kappa shape index (κ1) is 22.3. The standard InChI is InChI=1S/C19H27ClN6.C2H6/c1-14-16(17(20)18(21)15-6-4-3-5-7-15)19(22)26(23-14)13-12-25-10-8-24(2)9-11-25;1-2/h3-7H,8-13,21-22H2,1-2H3;1-2H3/b18-17+;. The lowest BCUT2D eigenvalue weighted by Gasteiger charge is -2.32. The van der Waals surface area contributed by atoms with Crippen molar-refractivity contribution in [2.75, 3.05) is 45.5 Å². The maximum Gasteiger partial charge on any atom is 0.130 e. The van der Waals surface area contributed by atoms with Crippen LogP contribution in [-0.2, 0) is 6.54 Å². The predicted octanol–water partition coefficient (Wildman–Crippen LogP) is 3.07.